The molecule has 0 unspecified atom stereocenters. The van der Waals surface area contributed by atoms with E-state index in [0.29, 0.717) is 5.69 Å². The summed E-state index contributed by atoms with van der Waals surface area (Å²) in [5.41, 5.74) is 5.57. The lowest BCUT2D eigenvalue weighted by molar-refractivity contribution is -0.119. The Bertz CT molecular complexity index is 344. The largest absolute Gasteiger partial charge is 0.396 e. The second kappa shape index (κ2) is 5.31. The van der Waals surface area contributed by atoms with E-state index in [1.165, 1.54) is 18.2 Å². The van der Waals surface area contributed by atoms with Gasteiger partial charge in [-0.15, -0.1) is 0 Å². The lowest BCUT2D eigenvalue weighted by atomic mass is 10.2. The lowest BCUT2D eigenvalue weighted by Gasteiger charge is -2.15. The number of nitrogens with two attached hydrogens (primary N) is 1. The Morgan fingerprint density at radius 2 is 2.33 bits per heavy atom. The van der Waals surface area contributed by atoms with Gasteiger partial charge in [-0.3, -0.25) is 4.79 Å². The van der Waals surface area contributed by atoms with E-state index < -0.39 is 17.8 Å². The molecule has 0 aliphatic rings. The number of carbonyl (C=O) groups is 1. The first-order chi connectivity index (χ1) is 7.13. The smallest absolute Gasteiger partial charge is 0.240 e. The third-order valence-corrected chi connectivity index (χ3v) is 1.93. The van der Waals surface area contributed by atoms with Gasteiger partial charge >= 0.3 is 0 Å². The van der Waals surface area contributed by atoms with Crippen LogP contribution in [0.15, 0.2) is 24.3 Å². The SMILES string of the molecule is NC(=O)[C@H](CCO)Nc1cccc(F)c1. The first kappa shape index (κ1) is 11.5. The van der Waals surface area contributed by atoms with Gasteiger partial charge in [-0.25, -0.2) is 4.39 Å². The van der Waals surface area contributed by atoms with Crippen molar-refractivity contribution in [1.82, 2.24) is 0 Å². The maximum Gasteiger partial charge on any atom is 0.240 e. The zero-order chi connectivity index (χ0) is 11.3. The highest BCUT2D eigenvalue weighted by Gasteiger charge is 2.13. The molecular weight excluding hydrogens is 199 g/mol. The topological polar surface area (TPSA) is 75.4 Å². The van der Waals surface area contributed by atoms with Gasteiger partial charge in [0.2, 0.25) is 5.91 Å². The predicted molar refractivity (Wildman–Crippen MR) is 54.7 cm³/mol. The Balaban J connectivity index is 2.69. The van der Waals surface area contributed by atoms with Crippen molar-refractivity contribution in [2.45, 2.75) is 12.5 Å². The number of nitrogens with one attached hydrogen (secondary N) is 1. The minimum atomic E-state index is -0.684. The highest BCUT2D eigenvalue weighted by atomic mass is 19.1. The van der Waals surface area contributed by atoms with Gasteiger partial charge in [0, 0.05) is 12.3 Å². The van der Waals surface area contributed by atoms with E-state index in [1.807, 2.05) is 0 Å². The van der Waals surface area contributed by atoms with Crippen LogP contribution in [0.25, 0.3) is 0 Å². The number of aliphatic hydroxyl groups excluding tert-OH is 1. The van der Waals surface area contributed by atoms with Gasteiger partial charge < -0.3 is 16.2 Å². The standard InChI is InChI=1S/C10H13FN2O2/c11-7-2-1-3-8(6-7)13-9(4-5-14)10(12)15/h1-3,6,9,13-14H,4-5H2,(H2,12,15)/t9-/m0/s1. The van der Waals surface area contributed by atoms with Gasteiger partial charge in [0.05, 0.1) is 0 Å². The zero-order valence-corrected chi connectivity index (χ0v) is 8.11. The summed E-state index contributed by atoms with van der Waals surface area (Å²) < 4.78 is 12.8. The highest BCUT2D eigenvalue weighted by molar-refractivity contribution is 5.82. The Labute approximate surface area is 86.9 Å². The van der Waals surface area contributed by atoms with Crippen molar-refractivity contribution in [1.29, 1.82) is 0 Å². The number of carbonyl (C=O) groups excluding carboxylic acids is 1. The van der Waals surface area contributed by atoms with E-state index in [-0.39, 0.29) is 13.0 Å². The van der Waals surface area contributed by atoms with Crippen LogP contribution in [-0.4, -0.2) is 23.7 Å². The summed E-state index contributed by atoms with van der Waals surface area (Å²) in [5.74, 6) is -0.972. The molecule has 0 heterocycles. The van der Waals surface area contributed by atoms with Crippen LogP contribution in [0, 0.1) is 5.82 Å². The highest BCUT2D eigenvalue weighted by Crippen LogP contribution is 2.11. The Kier molecular flexibility index (Phi) is 4.05. The molecule has 15 heavy (non-hydrogen) atoms. The van der Waals surface area contributed by atoms with Gasteiger partial charge in [-0.2, -0.15) is 0 Å². The first-order valence-corrected chi connectivity index (χ1v) is 4.55. The van der Waals surface area contributed by atoms with E-state index in [4.69, 9.17) is 10.8 Å². The predicted octanol–water partition coefficient (Wildman–Crippen LogP) is 0.474. The maximum absolute atomic E-state index is 12.8. The Hall–Kier alpha value is -1.62. The zero-order valence-electron chi connectivity index (χ0n) is 8.11. The Morgan fingerprint density at radius 1 is 1.60 bits per heavy atom. The lowest BCUT2D eigenvalue weighted by Crippen LogP contribution is -2.36. The maximum atomic E-state index is 12.8. The average Bonchev–Trinajstić information content (AvgIpc) is 2.17. The number of halogens is 1. The van der Waals surface area contributed by atoms with Crippen LogP contribution in [0.5, 0.6) is 0 Å². The second-order valence-corrected chi connectivity index (χ2v) is 3.12. The van der Waals surface area contributed by atoms with Gasteiger partial charge in [-0.1, -0.05) is 6.07 Å². The van der Waals surface area contributed by atoms with Crippen molar-refractivity contribution in [3.63, 3.8) is 0 Å². The third-order valence-electron chi connectivity index (χ3n) is 1.93. The van der Waals surface area contributed by atoms with E-state index in [0.717, 1.165) is 0 Å². The molecule has 1 rings (SSSR count). The van der Waals surface area contributed by atoms with Crippen molar-refractivity contribution in [2.75, 3.05) is 11.9 Å². The average molecular weight is 212 g/mol. The quantitative estimate of drug-likeness (QED) is 0.664. The number of aliphatic hydroxyl groups is 1. The number of primary amides is 1. The van der Waals surface area contributed by atoms with Crippen LogP contribution >= 0.6 is 0 Å². The number of hydrogen-bond acceptors (Lipinski definition) is 3. The number of amides is 1. The van der Waals surface area contributed by atoms with Crippen molar-refractivity contribution in [3.8, 4) is 0 Å². The molecule has 0 bridgehead atoms. The molecule has 0 spiro atoms. The molecule has 0 aliphatic heterocycles. The molecule has 0 fully saturated rings. The molecule has 5 heteroatoms. The van der Waals surface area contributed by atoms with E-state index >= 15 is 0 Å². The monoisotopic (exact) mass is 212 g/mol. The molecule has 0 radical (unpaired) electrons. The summed E-state index contributed by atoms with van der Waals surface area (Å²) in [5, 5.41) is 11.4. The molecule has 0 saturated carbocycles. The molecular formula is C10H13FN2O2. The molecule has 1 amide bonds. The minimum Gasteiger partial charge on any atom is -0.396 e. The van der Waals surface area contributed by atoms with Crippen molar-refractivity contribution >= 4 is 11.6 Å². The van der Waals surface area contributed by atoms with Crippen molar-refractivity contribution in [3.05, 3.63) is 30.1 Å². The van der Waals surface area contributed by atoms with E-state index in [1.54, 1.807) is 6.07 Å². The second-order valence-electron chi connectivity index (χ2n) is 3.12. The van der Waals surface area contributed by atoms with Gasteiger partial charge in [0.15, 0.2) is 0 Å². The fourth-order valence-corrected chi connectivity index (χ4v) is 1.19. The molecule has 0 saturated heterocycles. The summed E-state index contributed by atoms with van der Waals surface area (Å²) >= 11 is 0. The minimum absolute atomic E-state index is 0.157. The van der Waals surface area contributed by atoms with E-state index in [2.05, 4.69) is 5.32 Å². The molecule has 82 valence electrons. The molecule has 4 nitrogen and oxygen atoms in total. The summed E-state index contributed by atoms with van der Waals surface area (Å²) in [6, 6.07) is 5.02. The summed E-state index contributed by atoms with van der Waals surface area (Å²) in [7, 11) is 0. The van der Waals surface area contributed by atoms with Crippen LogP contribution in [-0.2, 0) is 4.79 Å². The summed E-state index contributed by atoms with van der Waals surface area (Å²) in [6.07, 6.45) is 0.200. The van der Waals surface area contributed by atoms with Crippen LogP contribution in [0.2, 0.25) is 0 Å². The van der Waals surface area contributed by atoms with Crippen molar-refractivity contribution in [2.24, 2.45) is 5.73 Å². The van der Waals surface area contributed by atoms with E-state index in [9.17, 15) is 9.18 Å². The fourth-order valence-electron chi connectivity index (χ4n) is 1.19. The first-order valence-electron chi connectivity index (χ1n) is 4.55. The summed E-state index contributed by atoms with van der Waals surface area (Å²) in [4.78, 5) is 10.9. The molecule has 0 aliphatic carbocycles. The van der Waals surface area contributed by atoms with Crippen LogP contribution in [0.4, 0.5) is 10.1 Å². The molecule has 1 atom stereocenters. The van der Waals surface area contributed by atoms with Gasteiger partial charge in [-0.05, 0) is 24.6 Å². The molecule has 1 aromatic carbocycles. The number of hydrogen-bond donors (Lipinski definition) is 3. The molecule has 0 aromatic heterocycles. The third kappa shape index (κ3) is 3.55. The van der Waals surface area contributed by atoms with Crippen molar-refractivity contribution < 1.29 is 14.3 Å². The summed E-state index contributed by atoms with van der Waals surface area (Å²) in [6.45, 7) is -0.157. The normalized spacial score (nSPS) is 12.1. The van der Waals surface area contributed by atoms with Gasteiger partial charge in [0.1, 0.15) is 11.9 Å². The van der Waals surface area contributed by atoms with Gasteiger partial charge in [0.25, 0.3) is 0 Å². The Morgan fingerprint density at radius 3 is 2.87 bits per heavy atom. The van der Waals surface area contributed by atoms with Crippen LogP contribution < -0.4 is 11.1 Å². The molecule has 4 N–H and O–H groups in total. The number of benzene rings is 1. The number of rotatable bonds is 5. The van der Waals surface area contributed by atoms with Crippen LogP contribution in [0.3, 0.4) is 0 Å². The van der Waals surface area contributed by atoms with Crippen LogP contribution in [0.1, 0.15) is 6.42 Å². The number of anilines is 1. The molecule has 1 aromatic rings. The fraction of sp³-hybridized carbons (Fsp3) is 0.300.